The van der Waals surface area contributed by atoms with Crippen LogP contribution >= 0.6 is 0 Å². The van der Waals surface area contributed by atoms with Crippen molar-refractivity contribution in [3.63, 3.8) is 0 Å². The Labute approximate surface area is 161 Å². The SMILES string of the molecule is COc1cc(-c2cc3c(cc2-c2ccccc2S(N)(=O)=O)OCO3)ccc1F. The Morgan fingerprint density at radius 2 is 1.64 bits per heavy atom. The predicted molar refractivity (Wildman–Crippen MR) is 101 cm³/mol. The number of benzene rings is 3. The Kier molecular flexibility index (Phi) is 4.44. The first kappa shape index (κ1) is 18.3. The first-order valence-corrected chi connectivity index (χ1v) is 9.83. The minimum Gasteiger partial charge on any atom is -0.494 e. The lowest BCUT2D eigenvalue weighted by molar-refractivity contribution is 0.174. The van der Waals surface area contributed by atoms with Gasteiger partial charge in [-0.3, -0.25) is 0 Å². The van der Waals surface area contributed by atoms with Crippen LogP contribution in [0.15, 0.2) is 59.5 Å². The lowest BCUT2D eigenvalue weighted by atomic mass is 9.93. The molecule has 0 amide bonds. The van der Waals surface area contributed by atoms with Gasteiger partial charge in [-0.2, -0.15) is 0 Å². The minimum atomic E-state index is -3.97. The van der Waals surface area contributed by atoms with Gasteiger partial charge < -0.3 is 14.2 Å². The molecule has 0 bridgehead atoms. The third-order valence-corrected chi connectivity index (χ3v) is 5.43. The van der Waals surface area contributed by atoms with Gasteiger partial charge in [-0.15, -0.1) is 0 Å². The highest BCUT2D eigenvalue weighted by molar-refractivity contribution is 7.89. The fourth-order valence-electron chi connectivity index (χ4n) is 3.17. The lowest BCUT2D eigenvalue weighted by Gasteiger charge is -2.15. The minimum absolute atomic E-state index is 0.0239. The summed E-state index contributed by atoms with van der Waals surface area (Å²) in [5.41, 5.74) is 2.21. The van der Waals surface area contributed by atoms with E-state index < -0.39 is 15.8 Å². The molecule has 0 fully saturated rings. The number of hydrogen-bond donors (Lipinski definition) is 1. The van der Waals surface area contributed by atoms with Gasteiger partial charge in [-0.25, -0.2) is 17.9 Å². The summed E-state index contributed by atoms with van der Waals surface area (Å²) in [7, 11) is -2.60. The molecule has 2 N–H and O–H groups in total. The van der Waals surface area contributed by atoms with Gasteiger partial charge in [0, 0.05) is 5.56 Å². The summed E-state index contributed by atoms with van der Waals surface area (Å²) in [6, 6.07) is 14.2. The van der Waals surface area contributed by atoms with Crippen LogP contribution in [0.25, 0.3) is 22.3 Å². The smallest absolute Gasteiger partial charge is 0.238 e. The Morgan fingerprint density at radius 3 is 2.32 bits per heavy atom. The van der Waals surface area contributed by atoms with Crippen LogP contribution in [0.4, 0.5) is 4.39 Å². The maximum atomic E-state index is 13.9. The molecule has 1 aliphatic rings. The van der Waals surface area contributed by atoms with Gasteiger partial charge in [-0.05, 0) is 47.0 Å². The maximum absolute atomic E-state index is 13.9. The summed E-state index contributed by atoms with van der Waals surface area (Å²) in [6.45, 7) is 0.0573. The summed E-state index contributed by atoms with van der Waals surface area (Å²) in [5.74, 6) is 0.562. The molecule has 8 heteroatoms. The zero-order valence-corrected chi connectivity index (χ0v) is 15.6. The van der Waals surface area contributed by atoms with Gasteiger partial charge in [-0.1, -0.05) is 24.3 Å². The van der Waals surface area contributed by atoms with Crippen molar-refractivity contribution < 1.29 is 27.0 Å². The average Bonchev–Trinajstić information content (AvgIpc) is 3.14. The number of sulfonamides is 1. The Balaban J connectivity index is 2.02. The highest BCUT2D eigenvalue weighted by Crippen LogP contribution is 2.44. The molecule has 0 radical (unpaired) electrons. The third-order valence-electron chi connectivity index (χ3n) is 4.46. The molecule has 144 valence electrons. The van der Waals surface area contributed by atoms with Crippen molar-refractivity contribution in [3.05, 3.63) is 60.4 Å². The topological polar surface area (TPSA) is 87.9 Å². The second kappa shape index (κ2) is 6.81. The van der Waals surface area contributed by atoms with E-state index in [4.69, 9.17) is 19.3 Å². The van der Waals surface area contributed by atoms with E-state index in [0.29, 0.717) is 33.8 Å². The molecule has 28 heavy (non-hydrogen) atoms. The third kappa shape index (κ3) is 3.17. The highest BCUT2D eigenvalue weighted by atomic mass is 32.2. The zero-order valence-electron chi connectivity index (χ0n) is 14.8. The van der Waals surface area contributed by atoms with Crippen molar-refractivity contribution in [1.29, 1.82) is 0 Å². The zero-order chi connectivity index (χ0) is 19.9. The number of halogens is 1. The quantitative estimate of drug-likeness (QED) is 0.722. The molecule has 3 aromatic carbocycles. The van der Waals surface area contributed by atoms with E-state index >= 15 is 0 Å². The van der Waals surface area contributed by atoms with Crippen molar-refractivity contribution in [2.24, 2.45) is 5.14 Å². The summed E-state index contributed by atoms with van der Waals surface area (Å²) in [4.78, 5) is -0.0239. The van der Waals surface area contributed by atoms with E-state index in [0.717, 1.165) is 0 Å². The number of fused-ring (bicyclic) bond motifs is 1. The van der Waals surface area contributed by atoms with Gasteiger partial charge >= 0.3 is 0 Å². The van der Waals surface area contributed by atoms with Crippen molar-refractivity contribution in [1.82, 2.24) is 0 Å². The molecule has 6 nitrogen and oxygen atoms in total. The van der Waals surface area contributed by atoms with E-state index in [1.165, 1.54) is 25.3 Å². The number of ether oxygens (including phenoxy) is 3. The molecular weight excluding hydrogens is 385 g/mol. The molecule has 1 heterocycles. The molecule has 0 unspecified atom stereocenters. The van der Waals surface area contributed by atoms with E-state index in [1.807, 2.05) is 0 Å². The molecular formula is C20H16FNO5S. The Morgan fingerprint density at radius 1 is 0.964 bits per heavy atom. The van der Waals surface area contributed by atoms with Gasteiger partial charge in [0.1, 0.15) is 0 Å². The summed E-state index contributed by atoms with van der Waals surface area (Å²) >= 11 is 0. The van der Waals surface area contributed by atoms with E-state index in [9.17, 15) is 12.8 Å². The van der Waals surface area contributed by atoms with Crippen molar-refractivity contribution in [3.8, 4) is 39.5 Å². The summed E-state index contributed by atoms with van der Waals surface area (Å²) in [6.07, 6.45) is 0. The molecule has 0 aromatic heterocycles. The molecule has 0 saturated carbocycles. The van der Waals surface area contributed by atoms with Crippen LogP contribution in [0.2, 0.25) is 0 Å². The van der Waals surface area contributed by atoms with Gasteiger partial charge in [0.15, 0.2) is 23.1 Å². The fourth-order valence-corrected chi connectivity index (χ4v) is 3.92. The van der Waals surface area contributed by atoms with Crippen LogP contribution in [0.3, 0.4) is 0 Å². The second-order valence-corrected chi connectivity index (χ2v) is 7.67. The first-order valence-electron chi connectivity index (χ1n) is 8.28. The number of hydrogen-bond acceptors (Lipinski definition) is 5. The van der Waals surface area contributed by atoms with Crippen molar-refractivity contribution in [2.45, 2.75) is 4.90 Å². The number of nitrogens with two attached hydrogens (primary N) is 1. The standard InChI is InChI=1S/C20H16FNO5S/c1-25-17-8-12(6-7-16(17)21)14-9-18-19(27-11-26-18)10-15(14)13-4-2-3-5-20(13)28(22,23)24/h2-10H,11H2,1H3,(H2,22,23,24). The van der Waals surface area contributed by atoms with Crippen LogP contribution in [-0.4, -0.2) is 22.3 Å². The molecule has 1 aliphatic heterocycles. The lowest BCUT2D eigenvalue weighted by Crippen LogP contribution is -2.13. The average molecular weight is 401 g/mol. The van der Waals surface area contributed by atoms with E-state index in [2.05, 4.69) is 0 Å². The predicted octanol–water partition coefficient (Wildman–Crippen LogP) is 3.54. The normalized spacial score (nSPS) is 12.8. The second-order valence-electron chi connectivity index (χ2n) is 6.14. The number of methoxy groups -OCH3 is 1. The van der Waals surface area contributed by atoms with Gasteiger partial charge in [0.25, 0.3) is 0 Å². The highest BCUT2D eigenvalue weighted by Gasteiger charge is 2.23. The molecule has 0 saturated heterocycles. The maximum Gasteiger partial charge on any atom is 0.238 e. The van der Waals surface area contributed by atoms with Crippen molar-refractivity contribution >= 4 is 10.0 Å². The molecule has 4 rings (SSSR count). The molecule has 3 aromatic rings. The number of primary sulfonamides is 1. The van der Waals surface area contributed by atoms with Crippen LogP contribution in [-0.2, 0) is 10.0 Å². The van der Waals surface area contributed by atoms with Gasteiger partial charge in [0.05, 0.1) is 12.0 Å². The largest absolute Gasteiger partial charge is 0.494 e. The Hall–Kier alpha value is -3.10. The summed E-state index contributed by atoms with van der Waals surface area (Å²) in [5, 5.41) is 5.41. The number of rotatable bonds is 4. The van der Waals surface area contributed by atoms with Crippen molar-refractivity contribution in [2.75, 3.05) is 13.9 Å². The molecule has 0 aliphatic carbocycles. The fraction of sp³-hybridized carbons (Fsp3) is 0.100. The molecule has 0 atom stereocenters. The van der Waals surface area contributed by atoms with E-state index in [-0.39, 0.29) is 17.4 Å². The summed E-state index contributed by atoms with van der Waals surface area (Å²) < 4.78 is 54.1. The molecule has 0 spiro atoms. The van der Waals surface area contributed by atoms with Crippen LogP contribution in [0, 0.1) is 5.82 Å². The van der Waals surface area contributed by atoms with Gasteiger partial charge in [0.2, 0.25) is 16.8 Å². The monoisotopic (exact) mass is 401 g/mol. The van der Waals surface area contributed by atoms with Crippen LogP contribution in [0.1, 0.15) is 0 Å². The van der Waals surface area contributed by atoms with Crippen LogP contribution < -0.4 is 19.3 Å². The van der Waals surface area contributed by atoms with E-state index in [1.54, 1.807) is 36.4 Å². The van der Waals surface area contributed by atoms with Crippen LogP contribution in [0.5, 0.6) is 17.2 Å². The Bertz CT molecular complexity index is 1180. The first-order chi connectivity index (χ1) is 13.4.